The summed E-state index contributed by atoms with van der Waals surface area (Å²) in [6, 6.07) is 7.50. The zero-order chi connectivity index (χ0) is 16.9. The molecule has 3 rings (SSSR count). The highest BCUT2D eigenvalue weighted by atomic mass is 35.5. The van der Waals surface area contributed by atoms with E-state index in [2.05, 4.69) is 9.88 Å². The molecule has 0 aliphatic carbocycles. The van der Waals surface area contributed by atoms with Crippen LogP contribution in [0.4, 0.5) is 5.82 Å². The van der Waals surface area contributed by atoms with E-state index in [1.807, 2.05) is 36.1 Å². The fourth-order valence-corrected chi connectivity index (χ4v) is 3.82. The molecule has 0 aromatic carbocycles. The van der Waals surface area contributed by atoms with Gasteiger partial charge in [0.2, 0.25) is 0 Å². The number of hydrogen-bond donors (Lipinski definition) is 0. The molecule has 1 aliphatic heterocycles. The van der Waals surface area contributed by atoms with Crippen LogP contribution in [-0.4, -0.2) is 48.6 Å². The van der Waals surface area contributed by atoms with Gasteiger partial charge in [-0.3, -0.25) is 4.79 Å². The van der Waals surface area contributed by atoms with Crippen LogP contribution in [0.3, 0.4) is 0 Å². The number of thiophene rings is 1. The highest BCUT2D eigenvalue weighted by Gasteiger charge is 2.23. The van der Waals surface area contributed by atoms with Crippen molar-refractivity contribution in [1.82, 2.24) is 9.88 Å². The number of aromatic nitrogens is 1. The van der Waals surface area contributed by atoms with Crippen LogP contribution in [0, 0.1) is 0 Å². The number of pyridine rings is 1. The van der Waals surface area contributed by atoms with Crippen LogP contribution in [0.1, 0.15) is 22.2 Å². The minimum atomic E-state index is -0.00313. The second-order valence-corrected chi connectivity index (χ2v) is 7.30. The first-order chi connectivity index (χ1) is 11.7. The normalized spacial score (nSPS) is 14.7. The number of ether oxygens (including phenoxy) is 1. The Morgan fingerprint density at radius 1 is 1.38 bits per heavy atom. The minimum absolute atomic E-state index is 0.00313. The van der Waals surface area contributed by atoms with Gasteiger partial charge in [-0.15, -0.1) is 11.3 Å². The molecule has 0 atom stereocenters. The Labute approximate surface area is 150 Å². The molecule has 3 heterocycles. The molecule has 1 saturated heterocycles. The van der Waals surface area contributed by atoms with E-state index < -0.39 is 0 Å². The molecule has 2 aromatic heterocycles. The highest BCUT2D eigenvalue weighted by molar-refractivity contribution is 7.16. The molecule has 1 aliphatic rings. The summed E-state index contributed by atoms with van der Waals surface area (Å²) < 4.78 is 6.14. The van der Waals surface area contributed by atoms with E-state index >= 15 is 0 Å². The molecule has 128 valence electrons. The minimum Gasteiger partial charge on any atom is -0.378 e. The van der Waals surface area contributed by atoms with E-state index in [1.165, 1.54) is 11.3 Å². The van der Waals surface area contributed by atoms with Gasteiger partial charge in [-0.2, -0.15) is 0 Å². The van der Waals surface area contributed by atoms with Gasteiger partial charge >= 0.3 is 0 Å². The highest BCUT2D eigenvalue weighted by Crippen LogP contribution is 2.25. The Morgan fingerprint density at radius 3 is 2.83 bits per heavy atom. The maximum Gasteiger partial charge on any atom is 0.257 e. The number of morpholine rings is 1. The summed E-state index contributed by atoms with van der Waals surface area (Å²) in [5.74, 6) is 0.741. The van der Waals surface area contributed by atoms with Crippen molar-refractivity contribution in [2.75, 3.05) is 37.7 Å². The van der Waals surface area contributed by atoms with Gasteiger partial charge in [-0.25, -0.2) is 4.98 Å². The summed E-state index contributed by atoms with van der Waals surface area (Å²) in [6.07, 6.45) is 1.73. The quantitative estimate of drug-likeness (QED) is 0.815. The van der Waals surface area contributed by atoms with Crippen LogP contribution in [0.5, 0.6) is 0 Å². The van der Waals surface area contributed by atoms with Gasteiger partial charge in [0.05, 0.1) is 29.7 Å². The number of carbonyl (C=O) groups is 1. The van der Waals surface area contributed by atoms with E-state index in [1.54, 1.807) is 6.20 Å². The SMILES string of the molecule is CCN(Cc1ccc(Cl)s1)C(=O)c1cccnc1N1CCOCC1. The molecule has 7 heteroatoms. The van der Waals surface area contributed by atoms with Crippen molar-refractivity contribution >= 4 is 34.7 Å². The third-order valence-corrected chi connectivity index (χ3v) is 5.19. The number of halogens is 1. The second-order valence-electron chi connectivity index (χ2n) is 5.50. The first kappa shape index (κ1) is 17.2. The van der Waals surface area contributed by atoms with Crippen molar-refractivity contribution in [2.24, 2.45) is 0 Å². The van der Waals surface area contributed by atoms with Crippen molar-refractivity contribution in [3.05, 3.63) is 45.2 Å². The Kier molecular flexibility index (Phi) is 5.71. The van der Waals surface area contributed by atoms with Gasteiger partial charge in [0.1, 0.15) is 5.82 Å². The maximum absolute atomic E-state index is 13.1. The van der Waals surface area contributed by atoms with E-state index in [4.69, 9.17) is 16.3 Å². The molecular formula is C17H20ClN3O2S. The molecule has 0 N–H and O–H groups in total. The summed E-state index contributed by atoms with van der Waals surface area (Å²) in [6.45, 7) is 6.01. The van der Waals surface area contributed by atoms with E-state index in [-0.39, 0.29) is 5.91 Å². The average molecular weight is 366 g/mol. The van der Waals surface area contributed by atoms with Gasteiger partial charge in [0.25, 0.3) is 5.91 Å². The van der Waals surface area contributed by atoms with Crippen molar-refractivity contribution < 1.29 is 9.53 Å². The molecule has 1 amide bonds. The van der Waals surface area contributed by atoms with E-state index in [9.17, 15) is 4.79 Å². The Morgan fingerprint density at radius 2 is 2.17 bits per heavy atom. The molecule has 1 fully saturated rings. The number of anilines is 1. The van der Waals surface area contributed by atoms with Crippen molar-refractivity contribution in [2.45, 2.75) is 13.5 Å². The zero-order valence-electron chi connectivity index (χ0n) is 13.6. The summed E-state index contributed by atoms with van der Waals surface area (Å²) in [5, 5.41) is 0. The van der Waals surface area contributed by atoms with E-state index in [0.29, 0.717) is 31.9 Å². The third-order valence-electron chi connectivity index (χ3n) is 3.97. The third kappa shape index (κ3) is 3.88. The fraction of sp³-hybridized carbons (Fsp3) is 0.412. The molecule has 0 unspecified atom stereocenters. The van der Waals surface area contributed by atoms with Crippen molar-refractivity contribution in [3.63, 3.8) is 0 Å². The average Bonchev–Trinajstić information content (AvgIpc) is 3.05. The predicted octanol–water partition coefficient (Wildman–Crippen LogP) is 3.30. The lowest BCUT2D eigenvalue weighted by Crippen LogP contribution is -2.39. The van der Waals surface area contributed by atoms with Gasteiger partial charge < -0.3 is 14.5 Å². The van der Waals surface area contributed by atoms with Crippen LogP contribution in [0.15, 0.2) is 30.5 Å². The lowest BCUT2D eigenvalue weighted by atomic mass is 10.2. The molecule has 5 nitrogen and oxygen atoms in total. The van der Waals surface area contributed by atoms with Crippen molar-refractivity contribution in [1.29, 1.82) is 0 Å². The molecular weight excluding hydrogens is 346 g/mol. The Bertz CT molecular complexity index is 701. The van der Waals surface area contributed by atoms with Crippen LogP contribution >= 0.6 is 22.9 Å². The fourth-order valence-electron chi connectivity index (χ4n) is 2.71. The molecule has 0 bridgehead atoms. The molecule has 0 radical (unpaired) electrons. The van der Waals surface area contributed by atoms with Crippen LogP contribution < -0.4 is 4.90 Å². The Balaban J connectivity index is 1.82. The monoisotopic (exact) mass is 365 g/mol. The number of rotatable bonds is 5. The molecule has 24 heavy (non-hydrogen) atoms. The summed E-state index contributed by atoms with van der Waals surface area (Å²) in [7, 11) is 0. The smallest absolute Gasteiger partial charge is 0.257 e. The maximum atomic E-state index is 13.1. The van der Waals surface area contributed by atoms with Crippen LogP contribution in [0.2, 0.25) is 4.34 Å². The first-order valence-electron chi connectivity index (χ1n) is 8.00. The Hall–Kier alpha value is -1.63. The lowest BCUT2D eigenvalue weighted by Gasteiger charge is -2.30. The first-order valence-corrected chi connectivity index (χ1v) is 9.19. The van der Waals surface area contributed by atoms with Crippen LogP contribution in [0.25, 0.3) is 0 Å². The molecule has 2 aromatic rings. The van der Waals surface area contributed by atoms with Gasteiger partial charge in [-0.1, -0.05) is 11.6 Å². The standard InChI is InChI=1S/C17H20ClN3O2S/c1-2-20(12-13-5-6-15(18)24-13)17(22)14-4-3-7-19-16(14)21-8-10-23-11-9-21/h3-7H,2,8-12H2,1H3. The topological polar surface area (TPSA) is 45.7 Å². The van der Waals surface area contributed by atoms with Gasteiger partial charge in [0.15, 0.2) is 0 Å². The van der Waals surface area contributed by atoms with Crippen LogP contribution in [-0.2, 0) is 11.3 Å². The van der Waals surface area contributed by atoms with Gasteiger partial charge in [-0.05, 0) is 31.2 Å². The summed E-state index contributed by atoms with van der Waals surface area (Å²) >= 11 is 7.50. The van der Waals surface area contributed by atoms with E-state index in [0.717, 1.165) is 28.1 Å². The molecule has 0 spiro atoms. The summed E-state index contributed by atoms with van der Waals surface area (Å²) in [5.41, 5.74) is 0.643. The molecule has 0 saturated carbocycles. The summed E-state index contributed by atoms with van der Waals surface area (Å²) in [4.78, 5) is 22.5. The number of hydrogen-bond acceptors (Lipinski definition) is 5. The largest absolute Gasteiger partial charge is 0.378 e. The second kappa shape index (κ2) is 7.96. The zero-order valence-corrected chi connectivity index (χ0v) is 15.1. The number of nitrogens with zero attached hydrogens (tertiary/aromatic N) is 3. The lowest BCUT2D eigenvalue weighted by molar-refractivity contribution is 0.0753. The number of amides is 1. The van der Waals surface area contributed by atoms with Gasteiger partial charge in [0, 0.05) is 30.7 Å². The van der Waals surface area contributed by atoms with Crippen molar-refractivity contribution in [3.8, 4) is 0 Å². The predicted molar refractivity (Wildman–Crippen MR) is 97.0 cm³/mol. The number of carbonyl (C=O) groups excluding carboxylic acids is 1.